The van der Waals surface area contributed by atoms with Crippen LogP contribution >= 0.6 is 15.9 Å². The second-order valence-corrected chi connectivity index (χ2v) is 3.54. The van der Waals surface area contributed by atoms with Gasteiger partial charge in [0.25, 0.3) is 0 Å². The third-order valence-electron chi connectivity index (χ3n) is 1.91. The molecule has 66 valence electrons. The number of halogens is 1. The number of aromatic nitrogens is 2. The average molecular weight is 239 g/mol. The smallest absolute Gasteiger partial charge is 0.139 e. The van der Waals surface area contributed by atoms with E-state index in [0.29, 0.717) is 6.54 Å². The molecule has 0 spiro atoms. The Bertz CT molecular complexity index is 450. The molecular formula is C9H7BrN2O. The third-order valence-corrected chi connectivity index (χ3v) is 2.54. The van der Waals surface area contributed by atoms with Crippen LogP contribution in [0.2, 0.25) is 0 Å². The molecule has 0 aliphatic carbocycles. The quantitative estimate of drug-likeness (QED) is 0.751. The number of fused-ring (bicyclic) bond motifs is 1. The molecule has 13 heavy (non-hydrogen) atoms. The topological polar surface area (TPSA) is 34.9 Å². The van der Waals surface area contributed by atoms with Crippen LogP contribution in [0.15, 0.2) is 29.1 Å². The molecule has 2 heterocycles. The van der Waals surface area contributed by atoms with Gasteiger partial charge in [-0.3, -0.25) is 4.98 Å². The van der Waals surface area contributed by atoms with Crippen LogP contribution in [0.25, 0.3) is 10.9 Å². The molecule has 0 radical (unpaired) electrons. The fourth-order valence-corrected chi connectivity index (χ4v) is 1.88. The Morgan fingerprint density at radius 1 is 1.62 bits per heavy atom. The van der Waals surface area contributed by atoms with Crippen molar-refractivity contribution in [1.29, 1.82) is 0 Å². The molecule has 0 aliphatic rings. The Morgan fingerprint density at radius 2 is 2.46 bits per heavy atom. The van der Waals surface area contributed by atoms with Crippen molar-refractivity contribution >= 4 is 33.1 Å². The molecular weight excluding hydrogens is 232 g/mol. The van der Waals surface area contributed by atoms with Gasteiger partial charge in [0.2, 0.25) is 0 Å². The van der Waals surface area contributed by atoms with Crippen molar-refractivity contribution in [2.24, 2.45) is 0 Å². The number of hydrogen-bond acceptors (Lipinski definition) is 2. The van der Waals surface area contributed by atoms with Gasteiger partial charge in [0.05, 0.1) is 12.1 Å². The van der Waals surface area contributed by atoms with E-state index in [0.717, 1.165) is 21.7 Å². The number of hydrogen-bond donors (Lipinski definition) is 0. The molecule has 0 N–H and O–H groups in total. The summed E-state index contributed by atoms with van der Waals surface area (Å²) < 4.78 is 2.85. The minimum atomic E-state index is 0.381. The van der Waals surface area contributed by atoms with Crippen LogP contribution in [0.3, 0.4) is 0 Å². The molecule has 0 fully saturated rings. The van der Waals surface area contributed by atoms with E-state index in [2.05, 4.69) is 20.9 Å². The summed E-state index contributed by atoms with van der Waals surface area (Å²) in [5.41, 5.74) is 1.02. The molecule has 4 heteroatoms. The molecule has 0 bridgehead atoms. The van der Waals surface area contributed by atoms with Gasteiger partial charge in [-0.05, 0) is 22.0 Å². The van der Waals surface area contributed by atoms with Gasteiger partial charge in [0, 0.05) is 28.4 Å². The van der Waals surface area contributed by atoms with E-state index in [1.54, 1.807) is 12.4 Å². The number of nitrogens with zero attached hydrogens (tertiary/aromatic N) is 2. The van der Waals surface area contributed by atoms with Crippen molar-refractivity contribution in [3.8, 4) is 0 Å². The summed E-state index contributed by atoms with van der Waals surface area (Å²) in [7, 11) is 0. The van der Waals surface area contributed by atoms with Gasteiger partial charge in [-0.1, -0.05) is 0 Å². The number of rotatable bonds is 2. The molecule has 0 amide bonds. The fourth-order valence-electron chi connectivity index (χ4n) is 1.33. The zero-order valence-electron chi connectivity index (χ0n) is 6.77. The minimum absolute atomic E-state index is 0.381. The van der Waals surface area contributed by atoms with E-state index in [1.807, 2.05) is 16.8 Å². The Morgan fingerprint density at radius 3 is 3.23 bits per heavy atom. The van der Waals surface area contributed by atoms with Crippen molar-refractivity contribution in [2.45, 2.75) is 6.54 Å². The summed E-state index contributed by atoms with van der Waals surface area (Å²) in [6.45, 7) is 0.381. The van der Waals surface area contributed by atoms with E-state index >= 15 is 0 Å². The number of carbonyl (C=O) groups is 1. The van der Waals surface area contributed by atoms with Crippen LogP contribution in [-0.2, 0) is 11.3 Å². The van der Waals surface area contributed by atoms with Gasteiger partial charge >= 0.3 is 0 Å². The summed E-state index contributed by atoms with van der Waals surface area (Å²) in [5.74, 6) is 0. The zero-order valence-corrected chi connectivity index (χ0v) is 8.36. The van der Waals surface area contributed by atoms with Crippen LogP contribution < -0.4 is 0 Å². The average Bonchev–Trinajstić information content (AvgIpc) is 2.46. The second-order valence-electron chi connectivity index (χ2n) is 2.69. The van der Waals surface area contributed by atoms with Crippen molar-refractivity contribution < 1.29 is 4.79 Å². The van der Waals surface area contributed by atoms with Gasteiger partial charge in [0.1, 0.15) is 6.29 Å². The number of carbonyl (C=O) groups excluding carboxylic acids is 1. The first-order chi connectivity index (χ1) is 6.33. The van der Waals surface area contributed by atoms with E-state index in [4.69, 9.17) is 0 Å². The SMILES string of the molecule is O=CCn1cc(Br)c2cnccc21. The maximum Gasteiger partial charge on any atom is 0.139 e. The molecule has 2 aromatic heterocycles. The summed E-state index contributed by atoms with van der Waals surface area (Å²) >= 11 is 3.41. The molecule has 2 aromatic rings. The Kier molecular flexibility index (Phi) is 2.14. The van der Waals surface area contributed by atoms with Crippen molar-refractivity contribution in [3.05, 3.63) is 29.1 Å². The van der Waals surface area contributed by atoms with Gasteiger partial charge in [0.15, 0.2) is 0 Å². The Balaban J connectivity index is 2.70. The predicted molar refractivity (Wildman–Crippen MR) is 53.5 cm³/mol. The third kappa shape index (κ3) is 1.37. The van der Waals surface area contributed by atoms with Crippen LogP contribution in [0.1, 0.15) is 0 Å². The van der Waals surface area contributed by atoms with Gasteiger partial charge in [-0.15, -0.1) is 0 Å². The fraction of sp³-hybridized carbons (Fsp3) is 0.111. The monoisotopic (exact) mass is 238 g/mol. The molecule has 2 rings (SSSR count). The predicted octanol–water partition coefficient (Wildman–Crippen LogP) is 2.00. The van der Waals surface area contributed by atoms with Gasteiger partial charge in [-0.2, -0.15) is 0 Å². The maximum absolute atomic E-state index is 10.4. The highest BCUT2D eigenvalue weighted by Crippen LogP contribution is 2.24. The first kappa shape index (κ1) is 8.44. The number of aldehydes is 1. The highest BCUT2D eigenvalue weighted by atomic mass is 79.9. The lowest BCUT2D eigenvalue weighted by molar-refractivity contribution is -0.108. The Labute approximate surface area is 83.5 Å². The summed E-state index contributed by atoms with van der Waals surface area (Å²) in [6.07, 6.45) is 6.27. The van der Waals surface area contributed by atoms with E-state index in [-0.39, 0.29) is 0 Å². The molecule has 3 nitrogen and oxygen atoms in total. The molecule has 0 aromatic carbocycles. The molecule has 0 atom stereocenters. The van der Waals surface area contributed by atoms with Crippen molar-refractivity contribution in [1.82, 2.24) is 9.55 Å². The lowest BCUT2D eigenvalue weighted by Crippen LogP contribution is -1.95. The highest BCUT2D eigenvalue weighted by Gasteiger charge is 2.04. The van der Waals surface area contributed by atoms with Gasteiger partial charge in [-0.25, -0.2) is 0 Å². The summed E-state index contributed by atoms with van der Waals surface area (Å²) in [4.78, 5) is 14.4. The first-order valence-electron chi connectivity index (χ1n) is 3.85. The molecule has 0 saturated carbocycles. The van der Waals surface area contributed by atoms with Gasteiger partial charge < -0.3 is 9.36 Å². The van der Waals surface area contributed by atoms with Crippen LogP contribution in [0.5, 0.6) is 0 Å². The summed E-state index contributed by atoms with van der Waals surface area (Å²) in [6, 6.07) is 1.89. The summed E-state index contributed by atoms with van der Waals surface area (Å²) in [5, 5.41) is 1.03. The van der Waals surface area contributed by atoms with Crippen LogP contribution in [0, 0.1) is 0 Å². The van der Waals surface area contributed by atoms with E-state index in [9.17, 15) is 4.79 Å². The minimum Gasteiger partial charge on any atom is -0.339 e. The molecule has 0 aliphatic heterocycles. The first-order valence-corrected chi connectivity index (χ1v) is 4.64. The largest absolute Gasteiger partial charge is 0.339 e. The highest BCUT2D eigenvalue weighted by molar-refractivity contribution is 9.10. The zero-order chi connectivity index (χ0) is 9.26. The standard InChI is InChI=1S/C9H7BrN2O/c10-8-6-12(3-4-13)9-1-2-11-5-7(8)9/h1-2,4-6H,3H2. The van der Waals surface area contributed by atoms with Crippen molar-refractivity contribution in [3.63, 3.8) is 0 Å². The lowest BCUT2D eigenvalue weighted by atomic mass is 10.3. The van der Waals surface area contributed by atoms with Crippen LogP contribution in [-0.4, -0.2) is 15.8 Å². The normalized spacial score (nSPS) is 10.5. The van der Waals surface area contributed by atoms with Crippen molar-refractivity contribution in [2.75, 3.05) is 0 Å². The second kappa shape index (κ2) is 3.30. The van der Waals surface area contributed by atoms with E-state index < -0.39 is 0 Å². The number of pyridine rings is 1. The lowest BCUT2D eigenvalue weighted by Gasteiger charge is -1.96. The molecule has 0 unspecified atom stereocenters. The maximum atomic E-state index is 10.4. The molecule has 0 saturated heterocycles. The van der Waals surface area contributed by atoms with Crippen LogP contribution in [0.4, 0.5) is 0 Å². The van der Waals surface area contributed by atoms with E-state index in [1.165, 1.54) is 0 Å². The Hall–Kier alpha value is -1.16.